The van der Waals surface area contributed by atoms with Crippen molar-refractivity contribution in [1.29, 1.82) is 0 Å². The lowest BCUT2D eigenvalue weighted by Gasteiger charge is -2.43. The van der Waals surface area contributed by atoms with Crippen LogP contribution in [-0.2, 0) is 9.47 Å². The summed E-state index contributed by atoms with van der Waals surface area (Å²) >= 11 is 0. The van der Waals surface area contributed by atoms with Gasteiger partial charge in [-0.15, -0.1) is 0 Å². The first-order valence-corrected chi connectivity index (χ1v) is 12.1. The Labute approximate surface area is 182 Å². The topological polar surface area (TPSA) is 69.8 Å². The molecule has 1 saturated carbocycles. The summed E-state index contributed by atoms with van der Waals surface area (Å²) < 4.78 is 11.5. The number of nitrogens with zero attached hydrogens (tertiary/aromatic N) is 1. The van der Waals surface area contributed by atoms with Crippen LogP contribution in [0.3, 0.4) is 0 Å². The van der Waals surface area contributed by atoms with Crippen LogP contribution in [0.5, 0.6) is 0 Å². The molecule has 0 amide bonds. The first kappa shape index (κ1) is 22.6. The van der Waals surface area contributed by atoms with E-state index >= 15 is 0 Å². The summed E-state index contributed by atoms with van der Waals surface area (Å²) in [5.74, 6) is 1.27. The lowest BCUT2D eigenvalue weighted by atomic mass is 9.72. The summed E-state index contributed by atoms with van der Waals surface area (Å²) in [7, 11) is 3.99. The molecule has 2 saturated heterocycles. The average molecular weight is 422 g/mol. The lowest BCUT2D eigenvalue weighted by molar-refractivity contribution is 0.0175. The molecule has 7 heteroatoms. The van der Waals surface area contributed by atoms with Crippen LogP contribution < -0.4 is 21.3 Å². The van der Waals surface area contributed by atoms with Gasteiger partial charge >= 0.3 is 0 Å². The third-order valence-corrected chi connectivity index (χ3v) is 7.44. The normalized spacial score (nSPS) is 40.6. The molecule has 0 aromatic rings. The van der Waals surface area contributed by atoms with Gasteiger partial charge in [-0.3, -0.25) is 21.3 Å². The molecule has 30 heavy (non-hydrogen) atoms. The van der Waals surface area contributed by atoms with Crippen LogP contribution in [0, 0.1) is 11.8 Å². The maximum Gasteiger partial charge on any atom is 0.113 e. The highest BCUT2D eigenvalue weighted by molar-refractivity contribution is 5.15. The van der Waals surface area contributed by atoms with Gasteiger partial charge in [-0.25, -0.2) is 0 Å². The zero-order valence-electron chi connectivity index (χ0n) is 19.2. The minimum absolute atomic E-state index is 0.146. The molecule has 0 aromatic heterocycles. The molecule has 0 bridgehead atoms. The summed E-state index contributed by atoms with van der Waals surface area (Å²) in [4.78, 5) is 2.44. The van der Waals surface area contributed by atoms with Crippen LogP contribution in [0.15, 0.2) is 11.6 Å². The third-order valence-electron chi connectivity index (χ3n) is 7.44. The maximum absolute atomic E-state index is 6.28. The average Bonchev–Trinajstić information content (AvgIpc) is 3.08. The predicted molar refractivity (Wildman–Crippen MR) is 120 cm³/mol. The van der Waals surface area contributed by atoms with Crippen LogP contribution in [0.4, 0.5) is 0 Å². The highest BCUT2D eigenvalue weighted by Crippen LogP contribution is 2.42. The van der Waals surface area contributed by atoms with Crippen molar-refractivity contribution in [3.8, 4) is 0 Å². The molecule has 3 aliphatic heterocycles. The monoisotopic (exact) mass is 421 g/mol. The molecule has 0 aromatic carbocycles. The van der Waals surface area contributed by atoms with Gasteiger partial charge in [0.15, 0.2) is 0 Å². The molecule has 4 N–H and O–H groups in total. The molecule has 4 aliphatic rings. The zero-order valence-corrected chi connectivity index (χ0v) is 19.2. The van der Waals surface area contributed by atoms with Crippen molar-refractivity contribution in [2.45, 2.75) is 76.1 Å². The number of likely N-dealkylation sites (N-methyl/N-ethyl adjacent to an activating group) is 1. The van der Waals surface area contributed by atoms with E-state index in [4.69, 9.17) is 9.47 Å². The van der Waals surface area contributed by atoms with Gasteiger partial charge < -0.3 is 14.4 Å². The van der Waals surface area contributed by atoms with Crippen molar-refractivity contribution in [2.24, 2.45) is 11.8 Å². The number of rotatable bonds is 7. The quantitative estimate of drug-likeness (QED) is 0.364. The largest absolute Gasteiger partial charge is 0.383 e. The Bertz CT molecular complexity index is 574. The van der Waals surface area contributed by atoms with Gasteiger partial charge in [0, 0.05) is 44.8 Å². The van der Waals surface area contributed by atoms with E-state index in [1.807, 2.05) is 0 Å². The van der Waals surface area contributed by atoms with Gasteiger partial charge in [-0.2, -0.15) is 0 Å². The molecule has 0 spiro atoms. The molecule has 7 unspecified atom stereocenters. The smallest absolute Gasteiger partial charge is 0.113 e. The van der Waals surface area contributed by atoms with Crippen LogP contribution in [-0.4, -0.2) is 82.5 Å². The van der Waals surface area contributed by atoms with Gasteiger partial charge in [0.25, 0.3) is 0 Å². The highest BCUT2D eigenvalue weighted by Gasteiger charge is 2.43. The predicted octanol–water partition coefficient (Wildman–Crippen LogP) is 1.23. The molecular formula is C23H43N5O2. The van der Waals surface area contributed by atoms with Gasteiger partial charge in [-0.05, 0) is 65.0 Å². The van der Waals surface area contributed by atoms with E-state index in [1.54, 1.807) is 12.7 Å². The second-order valence-electron chi connectivity index (χ2n) is 9.87. The number of hydrogen-bond acceptors (Lipinski definition) is 7. The fourth-order valence-electron chi connectivity index (χ4n) is 5.94. The number of nitrogens with one attached hydrogen (secondary N) is 4. The Balaban J connectivity index is 1.37. The maximum atomic E-state index is 6.28. The molecule has 7 atom stereocenters. The first-order valence-electron chi connectivity index (χ1n) is 12.1. The molecular weight excluding hydrogens is 378 g/mol. The number of hydrogen-bond donors (Lipinski definition) is 4. The van der Waals surface area contributed by atoms with E-state index in [2.05, 4.69) is 46.2 Å². The van der Waals surface area contributed by atoms with Crippen LogP contribution in [0.25, 0.3) is 0 Å². The van der Waals surface area contributed by atoms with Crippen molar-refractivity contribution < 1.29 is 9.47 Å². The van der Waals surface area contributed by atoms with Crippen molar-refractivity contribution >= 4 is 0 Å². The van der Waals surface area contributed by atoms with Gasteiger partial charge in [0.05, 0.1) is 18.9 Å². The lowest BCUT2D eigenvalue weighted by Crippen LogP contribution is -2.68. The van der Waals surface area contributed by atoms with Gasteiger partial charge in [0.2, 0.25) is 0 Å². The zero-order chi connectivity index (χ0) is 20.9. The van der Waals surface area contributed by atoms with E-state index in [-0.39, 0.29) is 6.29 Å². The van der Waals surface area contributed by atoms with E-state index in [9.17, 15) is 0 Å². The van der Waals surface area contributed by atoms with Crippen LogP contribution in [0.2, 0.25) is 0 Å². The molecule has 3 fully saturated rings. The summed E-state index contributed by atoms with van der Waals surface area (Å²) in [6, 6.07) is 1.00. The Morgan fingerprint density at radius 2 is 2.17 bits per heavy atom. The van der Waals surface area contributed by atoms with E-state index < -0.39 is 0 Å². The number of ether oxygens (including phenoxy) is 2. The molecule has 1 aliphatic carbocycles. The molecule has 172 valence electrons. The summed E-state index contributed by atoms with van der Waals surface area (Å²) in [5.41, 5.74) is 1.65. The standard InChI is InChI=1S/C23H43N5O2/c1-16-13-21(24-8-12-29-3)27-23(25-16)26-19-14-18-7-11-30-22(18)20(15-19)17-5-4-9-28(2)10-6-17/h6,16,18-27H,4-5,7-15H2,1-3H3. The van der Waals surface area contributed by atoms with E-state index in [1.165, 1.54) is 38.6 Å². The fraction of sp³-hybridized carbons (Fsp3) is 0.913. The molecule has 3 heterocycles. The fourth-order valence-corrected chi connectivity index (χ4v) is 5.94. The Hall–Kier alpha value is -0.540. The summed E-state index contributed by atoms with van der Waals surface area (Å²) in [6.45, 7) is 7.12. The summed E-state index contributed by atoms with van der Waals surface area (Å²) in [6.07, 6.45) is 10.6. The Morgan fingerprint density at radius 1 is 1.27 bits per heavy atom. The van der Waals surface area contributed by atoms with Gasteiger partial charge in [-0.1, -0.05) is 11.6 Å². The number of methoxy groups -OCH3 is 1. The second kappa shape index (κ2) is 10.9. The second-order valence-corrected chi connectivity index (χ2v) is 9.87. The first-order chi connectivity index (χ1) is 14.6. The van der Waals surface area contributed by atoms with Crippen LogP contribution >= 0.6 is 0 Å². The highest BCUT2D eigenvalue weighted by atomic mass is 16.5. The SMILES string of the molecule is COCCNC1CC(C)NC(NC2CC3CCOC3C(C3=CCN(C)CCC3)C2)N1. The van der Waals surface area contributed by atoms with E-state index in [0.717, 1.165) is 32.7 Å². The third kappa shape index (κ3) is 5.82. The molecule has 4 rings (SSSR count). The van der Waals surface area contributed by atoms with Crippen molar-refractivity contribution in [2.75, 3.05) is 47.0 Å². The Kier molecular flexibility index (Phi) is 8.20. The summed E-state index contributed by atoms with van der Waals surface area (Å²) in [5, 5.41) is 14.9. The van der Waals surface area contributed by atoms with Crippen molar-refractivity contribution in [3.63, 3.8) is 0 Å². The van der Waals surface area contributed by atoms with Gasteiger partial charge in [0.1, 0.15) is 6.29 Å². The van der Waals surface area contributed by atoms with E-state index in [0.29, 0.717) is 36.2 Å². The molecule has 7 nitrogen and oxygen atoms in total. The minimum Gasteiger partial charge on any atom is -0.383 e. The van der Waals surface area contributed by atoms with Crippen molar-refractivity contribution in [3.05, 3.63) is 11.6 Å². The van der Waals surface area contributed by atoms with Crippen molar-refractivity contribution in [1.82, 2.24) is 26.2 Å². The number of fused-ring (bicyclic) bond motifs is 1. The minimum atomic E-state index is 0.146. The Morgan fingerprint density at radius 3 is 3.03 bits per heavy atom. The van der Waals surface area contributed by atoms with Crippen LogP contribution in [0.1, 0.15) is 45.4 Å². The molecule has 0 radical (unpaired) electrons.